The molecule has 1 heterocycles. The third-order valence-electron chi connectivity index (χ3n) is 5.55. The molecule has 0 saturated heterocycles. The minimum absolute atomic E-state index is 0.00638. The van der Waals surface area contributed by atoms with E-state index in [2.05, 4.69) is 43.7 Å². The number of ketones is 1. The molecule has 136 valence electrons. The van der Waals surface area contributed by atoms with E-state index in [9.17, 15) is 9.59 Å². The van der Waals surface area contributed by atoms with E-state index < -0.39 is 5.97 Å². The van der Waals surface area contributed by atoms with Crippen LogP contribution in [0.3, 0.4) is 0 Å². The van der Waals surface area contributed by atoms with E-state index in [0.29, 0.717) is 5.56 Å². The number of fused-ring (bicyclic) bond motifs is 1. The van der Waals surface area contributed by atoms with Gasteiger partial charge in [-0.05, 0) is 53.4 Å². The smallest absolute Gasteiger partial charge is 0.356 e. The molecule has 1 aliphatic rings. The molecule has 0 aliphatic heterocycles. The van der Waals surface area contributed by atoms with Crippen molar-refractivity contribution in [2.45, 2.75) is 58.3 Å². The van der Waals surface area contributed by atoms with Gasteiger partial charge >= 0.3 is 5.97 Å². The van der Waals surface area contributed by atoms with Crippen LogP contribution in [0.1, 0.15) is 83.8 Å². The highest BCUT2D eigenvalue weighted by Gasteiger charge is 2.38. The summed E-state index contributed by atoms with van der Waals surface area (Å²) in [5.41, 5.74) is 4.09. The number of aromatic nitrogens is 2. The molecule has 0 saturated carbocycles. The Kier molecular flexibility index (Phi) is 4.21. The van der Waals surface area contributed by atoms with Gasteiger partial charge < -0.3 is 5.11 Å². The van der Waals surface area contributed by atoms with Crippen molar-refractivity contribution in [3.05, 3.63) is 58.2 Å². The zero-order valence-electron chi connectivity index (χ0n) is 15.9. The van der Waals surface area contributed by atoms with Crippen molar-refractivity contribution in [3.8, 4) is 0 Å². The molecule has 1 aliphatic carbocycles. The summed E-state index contributed by atoms with van der Waals surface area (Å²) in [7, 11) is 0. The van der Waals surface area contributed by atoms with Gasteiger partial charge in [0.15, 0.2) is 5.69 Å². The molecular formula is C21H24N2O3. The van der Waals surface area contributed by atoms with E-state index in [0.717, 1.165) is 24.6 Å². The van der Waals surface area contributed by atoms with E-state index >= 15 is 0 Å². The first-order chi connectivity index (χ1) is 12.0. The van der Waals surface area contributed by atoms with Crippen LogP contribution in [0.2, 0.25) is 0 Å². The number of carboxylic acids is 1. The lowest BCUT2D eigenvalue weighted by molar-refractivity contribution is 0.0689. The monoisotopic (exact) mass is 352 g/mol. The second-order valence-electron chi connectivity index (χ2n) is 8.40. The Hall–Kier alpha value is -2.56. The fraction of sp³-hybridized carbons (Fsp3) is 0.429. The van der Waals surface area contributed by atoms with Gasteiger partial charge in [-0.1, -0.05) is 33.8 Å². The number of carbonyl (C=O) groups excluding carboxylic acids is 1. The van der Waals surface area contributed by atoms with Crippen LogP contribution in [0, 0.1) is 6.92 Å². The average molecular weight is 352 g/mol. The van der Waals surface area contributed by atoms with Crippen molar-refractivity contribution >= 4 is 11.8 Å². The number of rotatable bonds is 3. The lowest BCUT2D eigenvalue weighted by Gasteiger charge is -2.42. The second-order valence-corrected chi connectivity index (χ2v) is 8.40. The molecule has 3 rings (SSSR count). The summed E-state index contributed by atoms with van der Waals surface area (Å²) < 4.78 is 0. The molecule has 1 aromatic heterocycles. The second kappa shape index (κ2) is 6.01. The number of benzene rings is 1. The molecule has 1 N–H and O–H groups in total. The Bertz CT molecular complexity index is 896. The van der Waals surface area contributed by atoms with Crippen molar-refractivity contribution in [1.29, 1.82) is 0 Å². The highest BCUT2D eigenvalue weighted by molar-refractivity contribution is 6.08. The standard InChI is InChI=1S/C21H24N2O3/c1-12-8-14-15(21(4,5)7-6-20(14,2)3)9-13(12)18(24)16-10-23-17(11-22-16)19(25)26/h8-11H,6-7H2,1-5H3,(H,25,26). The number of carbonyl (C=O) groups is 2. The van der Waals surface area contributed by atoms with Gasteiger partial charge in [0, 0.05) is 5.56 Å². The summed E-state index contributed by atoms with van der Waals surface area (Å²) in [6.07, 6.45) is 4.54. The summed E-state index contributed by atoms with van der Waals surface area (Å²) in [6, 6.07) is 4.13. The molecule has 1 aromatic carbocycles. The van der Waals surface area contributed by atoms with Crippen molar-refractivity contribution < 1.29 is 14.7 Å². The molecule has 0 fully saturated rings. The van der Waals surface area contributed by atoms with Crippen LogP contribution in [-0.2, 0) is 10.8 Å². The molecule has 5 heteroatoms. The summed E-state index contributed by atoms with van der Waals surface area (Å²) in [6.45, 7) is 10.9. The maximum Gasteiger partial charge on any atom is 0.356 e. The van der Waals surface area contributed by atoms with E-state index in [4.69, 9.17) is 5.11 Å². The predicted molar refractivity (Wildman–Crippen MR) is 98.9 cm³/mol. The van der Waals surface area contributed by atoms with Crippen LogP contribution >= 0.6 is 0 Å². The molecule has 0 bridgehead atoms. The number of hydrogen-bond acceptors (Lipinski definition) is 4. The molecule has 5 nitrogen and oxygen atoms in total. The largest absolute Gasteiger partial charge is 0.476 e. The van der Waals surface area contributed by atoms with E-state index in [-0.39, 0.29) is 28.0 Å². The first-order valence-electron chi connectivity index (χ1n) is 8.78. The normalized spacial score (nSPS) is 17.4. The van der Waals surface area contributed by atoms with E-state index in [1.54, 1.807) is 0 Å². The van der Waals surface area contributed by atoms with Crippen LogP contribution in [-0.4, -0.2) is 26.8 Å². The van der Waals surface area contributed by atoms with Gasteiger partial charge in [-0.3, -0.25) is 4.79 Å². The number of carboxylic acid groups (broad SMARTS) is 1. The van der Waals surface area contributed by atoms with Crippen molar-refractivity contribution in [2.75, 3.05) is 0 Å². The van der Waals surface area contributed by atoms with Gasteiger partial charge in [0.25, 0.3) is 0 Å². The number of hydrogen-bond donors (Lipinski definition) is 1. The quantitative estimate of drug-likeness (QED) is 0.843. The lowest BCUT2D eigenvalue weighted by Crippen LogP contribution is -2.34. The molecule has 0 atom stereocenters. The molecule has 0 radical (unpaired) electrons. The molecule has 2 aromatic rings. The van der Waals surface area contributed by atoms with Gasteiger partial charge in [-0.2, -0.15) is 0 Å². The third-order valence-corrected chi connectivity index (χ3v) is 5.55. The van der Waals surface area contributed by atoms with Gasteiger partial charge in [0.1, 0.15) is 5.69 Å². The Morgan fingerprint density at radius 1 is 0.923 bits per heavy atom. The lowest BCUT2D eigenvalue weighted by atomic mass is 9.62. The Morgan fingerprint density at radius 2 is 1.42 bits per heavy atom. The summed E-state index contributed by atoms with van der Waals surface area (Å²) in [5.74, 6) is -1.39. The number of aryl methyl sites for hydroxylation is 1. The first-order valence-corrected chi connectivity index (χ1v) is 8.78. The van der Waals surface area contributed by atoms with Gasteiger partial charge in [0.2, 0.25) is 5.78 Å². The fourth-order valence-corrected chi connectivity index (χ4v) is 3.66. The van der Waals surface area contributed by atoms with Crippen molar-refractivity contribution in [1.82, 2.24) is 9.97 Å². The van der Waals surface area contributed by atoms with Crippen LogP contribution in [0.15, 0.2) is 24.5 Å². The maximum atomic E-state index is 13.0. The molecular weight excluding hydrogens is 328 g/mol. The van der Waals surface area contributed by atoms with Gasteiger partial charge in [0.05, 0.1) is 12.4 Å². The van der Waals surface area contributed by atoms with Crippen LogP contribution in [0.25, 0.3) is 0 Å². The third kappa shape index (κ3) is 3.02. The van der Waals surface area contributed by atoms with E-state index in [1.165, 1.54) is 17.3 Å². The minimum Gasteiger partial charge on any atom is -0.476 e. The highest BCUT2D eigenvalue weighted by Crippen LogP contribution is 2.46. The first kappa shape index (κ1) is 18.2. The summed E-state index contributed by atoms with van der Waals surface area (Å²) in [5, 5.41) is 8.93. The van der Waals surface area contributed by atoms with Crippen molar-refractivity contribution in [2.24, 2.45) is 0 Å². The average Bonchev–Trinajstić information content (AvgIpc) is 2.58. The summed E-state index contributed by atoms with van der Waals surface area (Å²) >= 11 is 0. The number of aromatic carboxylic acids is 1. The topological polar surface area (TPSA) is 80.2 Å². The number of nitrogens with zero attached hydrogens (tertiary/aromatic N) is 2. The van der Waals surface area contributed by atoms with Gasteiger partial charge in [-0.25, -0.2) is 14.8 Å². The minimum atomic E-state index is -1.16. The van der Waals surface area contributed by atoms with Crippen LogP contribution < -0.4 is 0 Å². The molecule has 0 unspecified atom stereocenters. The zero-order chi connectivity index (χ0) is 19.3. The molecule has 0 amide bonds. The van der Waals surface area contributed by atoms with E-state index in [1.807, 2.05) is 13.0 Å². The molecule has 26 heavy (non-hydrogen) atoms. The highest BCUT2D eigenvalue weighted by atomic mass is 16.4. The summed E-state index contributed by atoms with van der Waals surface area (Å²) in [4.78, 5) is 31.7. The SMILES string of the molecule is Cc1cc2c(cc1C(=O)c1cnc(C(=O)O)cn1)C(C)(C)CCC2(C)C. The van der Waals surface area contributed by atoms with Gasteiger partial charge in [-0.15, -0.1) is 0 Å². The molecule has 0 spiro atoms. The van der Waals surface area contributed by atoms with Crippen LogP contribution in [0.5, 0.6) is 0 Å². The van der Waals surface area contributed by atoms with Crippen LogP contribution in [0.4, 0.5) is 0 Å². The predicted octanol–water partition coefficient (Wildman–Crippen LogP) is 4.06. The maximum absolute atomic E-state index is 13.0. The Morgan fingerprint density at radius 3 is 1.92 bits per heavy atom. The Labute approximate surface area is 153 Å². The van der Waals surface area contributed by atoms with Crippen molar-refractivity contribution in [3.63, 3.8) is 0 Å². The zero-order valence-corrected chi connectivity index (χ0v) is 15.9. The fourth-order valence-electron chi connectivity index (χ4n) is 3.66. The Balaban J connectivity index is 2.09.